The van der Waals surface area contributed by atoms with E-state index < -0.39 is 17.9 Å². The molecular formula is C9H11N3O2. The fourth-order valence-corrected chi connectivity index (χ4v) is 0.984. The van der Waals surface area contributed by atoms with Gasteiger partial charge >= 0.3 is 0 Å². The van der Waals surface area contributed by atoms with Crippen LogP contribution in [0.15, 0.2) is 30.3 Å². The van der Waals surface area contributed by atoms with Gasteiger partial charge in [0.2, 0.25) is 11.8 Å². The lowest BCUT2D eigenvalue weighted by Crippen LogP contribution is -2.45. The number of para-hydroxylation sites is 1. The maximum atomic E-state index is 10.8. The summed E-state index contributed by atoms with van der Waals surface area (Å²) in [6.07, 6.45) is 0. The van der Waals surface area contributed by atoms with Gasteiger partial charge in [-0.1, -0.05) is 18.2 Å². The van der Waals surface area contributed by atoms with E-state index in [0.717, 1.165) is 0 Å². The predicted octanol–water partition coefficient (Wildman–Crippen LogP) is -0.562. The third-order valence-corrected chi connectivity index (χ3v) is 1.65. The first kappa shape index (κ1) is 10.0. The number of benzene rings is 1. The third kappa shape index (κ3) is 2.48. The van der Waals surface area contributed by atoms with Crippen molar-refractivity contribution in [1.82, 2.24) is 0 Å². The average molecular weight is 193 g/mol. The van der Waals surface area contributed by atoms with Gasteiger partial charge in [0.1, 0.15) is 0 Å². The zero-order chi connectivity index (χ0) is 10.6. The van der Waals surface area contributed by atoms with Crippen LogP contribution in [0.1, 0.15) is 0 Å². The van der Waals surface area contributed by atoms with Gasteiger partial charge in [-0.15, -0.1) is 0 Å². The third-order valence-electron chi connectivity index (χ3n) is 1.65. The Morgan fingerprint density at radius 3 is 2.00 bits per heavy atom. The van der Waals surface area contributed by atoms with Gasteiger partial charge in [-0.3, -0.25) is 9.59 Å². The van der Waals surface area contributed by atoms with Crippen molar-refractivity contribution in [2.45, 2.75) is 6.04 Å². The molecule has 5 nitrogen and oxygen atoms in total. The molecule has 1 aromatic carbocycles. The Morgan fingerprint density at radius 1 is 1.07 bits per heavy atom. The number of nitrogens with one attached hydrogen (secondary N) is 1. The van der Waals surface area contributed by atoms with Crippen LogP contribution in [0.5, 0.6) is 0 Å². The van der Waals surface area contributed by atoms with Crippen LogP contribution in [-0.2, 0) is 9.59 Å². The summed E-state index contributed by atoms with van der Waals surface area (Å²) in [5, 5.41) is 2.63. The summed E-state index contributed by atoms with van der Waals surface area (Å²) in [7, 11) is 0. The van der Waals surface area contributed by atoms with Gasteiger partial charge in [0.25, 0.3) is 0 Å². The second-order valence-corrected chi connectivity index (χ2v) is 2.75. The second-order valence-electron chi connectivity index (χ2n) is 2.75. The molecule has 0 saturated heterocycles. The highest BCUT2D eigenvalue weighted by molar-refractivity contribution is 6.05. The van der Waals surface area contributed by atoms with Crippen LogP contribution in [0.2, 0.25) is 0 Å². The van der Waals surface area contributed by atoms with Crippen molar-refractivity contribution in [3.8, 4) is 0 Å². The lowest BCUT2D eigenvalue weighted by Gasteiger charge is -2.12. The van der Waals surface area contributed by atoms with Crippen LogP contribution >= 0.6 is 0 Å². The van der Waals surface area contributed by atoms with Crippen LogP contribution in [0.25, 0.3) is 0 Å². The maximum absolute atomic E-state index is 10.8. The molecule has 1 rings (SSSR count). The lowest BCUT2D eigenvalue weighted by molar-refractivity contribution is -0.126. The number of primary amides is 2. The molecule has 1 aromatic rings. The fraction of sp³-hybridized carbons (Fsp3) is 0.111. The summed E-state index contributed by atoms with van der Waals surface area (Å²) in [6.45, 7) is 0. The molecule has 0 atom stereocenters. The molecule has 5 heteroatoms. The average Bonchev–Trinajstić information content (AvgIpc) is 2.15. The topological polar surface area (TPSA) is 98.2 Å². The second kappa shape index (κ2) is 4.27. The number of hydrogen-bond donors (Lipinski definition) is 3. The van der Waals surface area contributed by atoms with Crippen LogP contribution in [0.3, 0.4) is 0 Å². The van der Waals surface area contributed by atoms with Crippen LogP contribution in [0.4, 0.5) is 5.69 Å². The van der Waals surface area contributed by atoms with Crippen molar-refractivity contribution in [2.24, 2.45) is 11.5 Å². The summed E-state index contributed by atoms with van der Waals surface area (Å²) in [5.41, 5.74) is 10.6. The fourth-order valence-electron chi connectivity index (χ4n) is 0.984. The Morgan fingerprint density at radius 2 is 1.57 bits per heavy atom. The van der Waals surface area contributed by atoms with E-state index in [9.17, 15) is 9.59 Å². The highest BCUT2D eigenvalue weighted by atomic mass is 16.2. The monoisotopic (exact) mass is 193 g/mol. The van der Waals surface area contributed by atoms with Crippen LogP contribution in [0, 0.1) is 0 Å². The van der Waals surface area contributed by atoms with Crippen molar-refractivity contribution in [3.63, 3.8) is 0 Å². The van der Waals surface area contributed by atoms with Gasteiger partial charge in [-0.25, -0.2) is 0 Å². The van der Waals surface area contributed by atoms with Crippen molar-refractivity contribution >= 4 is 17.5 Å². The van der Waals surface area contributed by atoms with E-state index in [1.54, 1.807) is 24.3 Å². The predicted molar refractivity (Wildman–Crippen MR) is 52.2 cm³/mol. The van der Waals surface area contributed by atoms with E-state index >= 15 is 0 Å². The Balaban J connectivity index is 2.75. The molecular weight excluding hydrogens is 182 g/mol. The SMILES string of the molecule is NC(=O)C(Nc1ccccc1)C(N)=O. The number of hydrogen-bond acceptors (Lipinski definition) is 3. The van der Waals surface area contributed by atoms with Gasteiger partial charge in [-0.05, 0) is 12.1 Å². The number of anilines is 1. The highest BCUT2D eigenvalue weighted by Gasteiger charge is 2.20. The minimum atomic E-state index is -1.17. The summed E-state index contributed by atoms with van der Waals surface area (Å²) in [5.74, 6) is -1.58. The first-order chi connectivity index (χ1) is 6.61. The summed E-state index contributed by atoms with van der Waals surface area (Å²) >= 11 is 0. The van der Waals surface area contributed by atoms with Crippen molar-refractivity contribution in [2.75, 3.05) is 5.32 Å². The van der Waals surface area contributed by atoms with E-state index in [-0.39, 0.29) is 0 Å². The van der Waals surface area contributed by atoms with E-state index in [1.165, 1.54) is 0 Å². The standard InChI is InChI=1S/C9H11N3O2/c10-8(13)7(9(11)14)12-6-4-2-1-3-5-6/h1-5,7,12H,(H2,10,13)(H2,11,14). The molecule has 5 N–H and O–H groups in total. The van der Waals surface area contributed by atoms with Crippen molar-refractivity contribution in [3.05, 3.63) is 30.3 Å². The molecule has 0 aliphatic heterocycles. The van der Waals surface area contributed by atoms with Crippen molar-refractivity contribution < 1.29 is 9.59 Å². The first-order valence-corrected chi connectivity index (χ1v) is 4.01. The number of nitrogens with two attached hydrogens (primary N) is 2. The molecule has 14 heavy (non-hydrogen) atoms. The molecule has 0 aliphatic rings. The minimum absolute atomic E-state index is 0.620. The van der Waals surface area contributed by atoms with Gasteiger partial charge in [0, 0.05) is 5.69 Å². The Kier molecular flexibility index (Phi) is 3.06. The van der Waals surface area contributed by atoms with Crippen LogP contribution < -0.4 is 16.8 Å². The molecule has 0 bridgehead atoms. The van der Waals surface area contributed by atoms with E-state index in [0.29, 0.717) is 5.69 Å². The normalized spacial score (nSPS) is 9.79. The Labute approximate surface area is 81.1 Å². The lowest BCUT2D eigenvalue weighted by atomic mass is 10.2. The number of rotatable bonds is 4. The molecule has 2 amide bonds. The number of amides is 2. The summed E-state index contributed by atoms with van der Waals surface area (Å²) in [6, 6.07) is 7.59. The molecule has 0 unspecified atom stereocenters. The summed E-state index contributed by atoms with van der Waals surface area (Å²) < 4.78 is 0. The van der Waals surface area contributed by atoms with Gasteiger partial charge in [0.15, 0.2) is 6.04 Å². The van der Waals surface area contributed by atoms with Gasteiger partial charge in [-0.2, -0.15) is 0 Å². The minimum Gasteiger partial charge on any atom is -0.367 e. The number of carbonyl (C=O) groups excluding carboxylic acids is 2. The molecule has 0 aromatic heterocycles. The van der Waals surface area contributed by atoms with E-state index in [1.807, 2.05) is 6.07 Å². The quantitative estimate of drug-likeness (QED) is 0.559. The molecule has 0 spiro atoms. The smallest absolute Gasteiger partial charge is 0.249 e. The highest BCUT2D eigenvalue weighted by Crippen LogP contribution is 2.06. The first-order valence-electron chi connectivity index (χ1n) is 4.01. The maximum Gasteiger partial charge on any atom is 0.249 e. The molecule has 0 heterocycles. The van der Waals surface area contributed by atoms with Crippen LogP contribution in [-0.4, -0.2) is 17.9 Å². The molecule has 0 fully saturated rings. The molecule has 0 saturated carbocycles. The molecule has 74 valence electrons. The van der Waals surface area contributed by atoms with Crippen molar-refractivity contribution in [1.29, 1.82) is 0 Å². The molecule has 0 aliphatic carbocycles. The number of carbonyl (C=O) groups is 2. The van der Waals surface area contributed by atoms with Gasteiger partial charge in [0.05, 0.1) is 0 Å². The largest absolute Gasteiger partial charge is 0.367 e. The Bertz CT molecular complexity index is 323. The van der Waals surface area contributed by atoms with E-state index in [2.05, 4.69) is 5.32 Å². The zero-order valence-corrected chi connectivity index (χ0v) is 7.44. The van der Waals surface area contributed by atoms with E-state index in [4.69, 9.17) is 11.5 Å². The Hall–Kier alpha value is -2.04. The zero-order valence-electron chi connectivity index (χ0n) is 7.44. The summed E-state index contributed by atoms with van der Waals surface area (Å²) in [4.78, 5) is 21.6. The van der Waals surface area contributed by atoms with Gasteiger partial charge < -0.3 is 16.8 Å². The molecule has 0 radical (unpaired) electrons.